The van der Waals surface area contributed by atoms with Gasteiger partial charge in [-0.25, -0.2) is 9.78 Å². The van der Waals surface area contributed by atoms with Gasteiger partial charge < -0.3 is 10.1 Å². The number of piperidine rings is 1. The molecule has 0 bridgehead atoms. The second kappa shape index (κ2) is 11.8. The number of thiophene rings is 1. The zero-order chi connectivity index (χ0) is 32.8. The summed E-state index contributed by atoms with van der Waals surface area (Å²) in [5.74, 6) is 0.178. The SMILES string of the molecule is O=C(O)N1CCCC[C@H]1c1nc2cc(-c3cn(C(c4ccccc4)(c4ccccc4)c4ccccc4)nc3C(F)(F)F)sc2c(=O)[nH]1. The lowest BCUT2D eigenvalue weighted by Crippen LogP contribution is -2.38. The summed E-state index contributed by atoms with van der Waals surface area (Å²) in [6, 6.07) is 28.6. The van der Waals surface area contributed by atoms with Crippen molar-refractivity contribution in [3.63, 3.8) is 0 Å². The Kier molecular flexibility index (Phi) is 7.67. The van der Waals surface area contributed by atoms with E-state index < -0.39 is 35.1 Å². The summed E-state index contributed by atoms with van der Waals surface area (Å²) in [4.78, 5) is 33.8. The summed E-state index contributed by atoms with van der Waals surface area (Å²) in [5.41, 5.74) is -0.816. The molecule has 1 aliphatic rings. The van der Waals surface area contributed by atoms with Crippen molar-refractivity contribution in [1.29, 1.82) is 0 Å². The molecule has 1 amide bonds. The molecule has 12 heteroatoms. The topological polar surface area (TPSA) is 104 Å². The average molecular weight is 656 g/mol. The molecular formula is C35H28F3N5O3S. The summed E-state index contributed by atoms with van der Waals surface area (Å²) in [5, 5.41) is 14.0. The molecule has 47 heavy (non-hydrogen) atoms. The predicted octanol–water partition coefficient (Wildman–Crippen LogP) is 7.91. The second-order valence-corrected chi connectivity index (χ2v) is 12.5. The quantitative estimate of drug-likeness (QED) is 0.178. The molecule has 6 aromatic rings. The molecule has 3 aromatic heterocycles. The van der Waals surface area contributed by atoms with Crippen LogP contribution in [0.1, 0.15) is 53.5 Å². The Balaban J connectivity index is 1.46. The fourth-order valence-corrected chi connectivity index (χ4v) is 7.57. The number of hydrogen-bond acceptors (Lipinski definition) is 5. The molecule has 1 atom stereocenters. The lowest BCUT2D eigenvalue weighted by Gasteiger charge is -2.36. The molecular weight excluding hydrogens is 627 g/mol. The lowest BCUT2D eigenvalue weighted by atomic mass is 9.77. The van der Waals surface area contributed by atoms with E-state index in [9.17, 15) is 27.9 Å². The molecule has 0 radical (unpaired) electrons. The van der Waals surface area contributed by atoms with Crippen molar-refractivity contribution in [2.24, 2.45) is 0 Å². The van der Waals surface area contributed by atoms with E-state index in [4.69, 9.17) is 0 Å². The number of rotatable bonds is 6. The minimum atomic E-state index is -4.83. The Hall–Kier alpha value is -5.23. The molecule has 7 rings (SSSR count). The van der Waals surface area contributed by atoms with Gasteiger partial charge >= 0.3 is 12.3 Å². The van der Waals surface area contributed by atoms with Crippen molar-refractivity contribution in [3.8, 4) is 10.4 Å². The molecule has 1 aliphatic heterocycles. The van der Waals surface area contributed by atoms with Gasteiger partial charge in [0.2, 0.25) is 0 Å². The van der Waals surface area contributed by atoms with E-state index >= 15 is 0 Å². The second-order valence-electron chi connectivity index (χ2n) is 11.4. The van der Waals surface area contributed by atoms with E-state index in [0.717, 1.165) is 17.8 Å². The maximum atomic E-state index is 14.9. The number of likely N-dealkylation sites (tertiary alicyclic amines) is 1. The van der Waals surface area contributed by atoms with Gasteiger partial charge in [0.25, 0.3) is 5.56 Å². The van der Waals surface area contributed by atoms with Gasteiger partial charge in [-0.3, -0.25) is 14.4 Å². The van der Waals surface area contributed by atoms with Crippen molar-refractivity contribution >= 4 is 27.6 Å². The van der Waals surface area contributed by atoms with Crippen LogP contribution in [0.15, 0.2) is 108 Å². The number of nitrogens with zero attached hydrogens (tertiary/aromatic N) is 4. The number of amides is 1. The molecule has 3 aromatic carbocycles. The van der Waals surface area contributed by atoms with Crippen LogP contribution < -0.4 is 5.56 Å². The van der Waals surface area contributed by atoms with Crippen molar-refractivity contribution in [2.45, 2.75) is 37.0 Å². The third kappa shape index (κ3) is 5.28. The van der Waals surface area contributed by atoms with Gasteiger partial charge in [-0.1, -0.05) is 91.0 Å². The maximum Gasteiger partial charge on any atom is 0.435 e. The molecule has 0 unspecified atom stereocenters. The van der Waals surface area contributed by atoms with Crippen LogP contribution in [0.5, 0.6) is 0 Å². The molecule has 2 N–H and O–H groups in total. The monoisotopic (exact) mass is 655 g/mol. The van der Waals surface area contributed by atoms with E-state index in [1.165, 1.54) is 21.8 Å². The number of benzene rings is 3. The Bertz CT molecular complexity index is 2010. The van der Waals surface area contributed by atoms with Gasteiger partial charge in [-0.2, -0.15) is 18.3 Å². The fraction of sp³-hybridized carbons (Fsp3) is 0.200. The van der Waals surface area contributed by atoms with Crippen LogP contribution in [0.3, 0.4) is 0 Å². The van der Waals surface area contributed by atoms with Crippen LogP contribution in [0.25, 0.3) is 20.7 Å². The number of alkyl halides is 3. The molecule has 1 saturated heterocycles. The number of fused-ring (bicyclic) bond motifs is 1. The highest BCUT2D eigenvalue weighted by atomic mass is 32.1. The number of halogens is 3. The smallest absolute Gasteiger partial charge is 0.435 e. The predicted molar refractivity (Wildman–Crippen MR) is 172 cm³/mol. The first-order valence-corrected chi connectivity index (χ1v) is 15.9. The molecule has 4 heterocycles. The first-order valence-electron chi connectivity index (χ1n) is 15.1. The number of carbonyl (C=O) groups is 1. The Labute approximate surface area is 270 Å². The highest BCUT2D eigenvalue weighted by Gasteiger charge is 2.44. The molecule has 1 fully saturated rings. The lowest BCUT2D eigenvalue weighted by molar-refractivity contribution is -0.141. The summed E-state index contributed by atoms with van der Waals surface area (Å²) >= 11 is 0.892. The van der Waals surface area contributed by atoms with Crippen molar-refractivity contribution < 1.29 is 23.1 Å². The van der Waals surface area contributed by atoms with Gasteiger partial charge in [0.05, 0.1) is 11.6 Å². The van der Waals surface area contributed by atoms with Crippen LogP contribution in [0, 0.1) is 0 Å². The fourth-order valence-electron chi connectivity index (χ4n) is 6.56. The largest absolute Gasteiger partial charge is 0.465 e. The van der Waals surface area contributed by atoms with E-state index in [-0.39, 0.29) is 26.5 Å². The standard InChI is InChI=1S/C35H28F3N5O3S/c36-35(37,38)30-25(28-20-26-29(47-28)32(44)40-31(39-26)27-18-10-11-19-42(27)33(45)46)21-43(41-30)34(22-12-4-1-5-13-22,23-14-6-2-7-15-23)24-16-8-3-9-17-24/h1-9,12-17,20-21,27H,10-11,18-19H2,(H,45,46)(H,39,40,44)/t27-/m0/s1. The number of nitrogens with one attached hydrogen (secondary N) is 1. The molecule has 8 nitrogen and oxygen atoms in total. The first kappa shape index (κ1) is 30.4. The summed E-state index contributed by atoms with van der Waals surface area (Å²) in [7, 11) is 0. The zero-order valence-electron chi connectivity index (χ0n) is 24.8. The van der Waals surface area contributed by atoms with Gasteiger partial charge in [0, 0.05) is 23.2 Å². The maximum absolute atomic E-state index is 14.9. The Morgan fingerprint density at radius 1 is 0.894 bits per heavy atom. The normalized spacial score (nSPS) is 15.6. The van der Waals surface area contributed by atoms with Crippen molar-refractivity contribution in [1.82, 2.24) is 24.6 Å². The highest BCUT2D eigenvalue weighted by Crippen LogP contribution is 2.45. The van der Waals surface area contributed by atoms with Crippen LogP contribution >= 0.6 is 11.3 Å². The first-order chi connectivity index (χ1) is 22.7. The van der Waals surface area contributed by atoms with E-state index in [0.29, 0.717) is 36.1 Å². The van der Waals surface area contributed by atoms with E-state index in [2.05, 4.69) is 15.1 Å². The number of aromatic nitrogens is 4. The highest BCUT2D eigenvalue weighted by molar-refractivity contribution is 7.22. The van der Waals surface area contributed by atoms with Gasteiger partial charge in [-0.05, 0) is 42.0 Å². The molecule has 0 spiro atoms. The Morgan fingerprint density at radius 2 is 1.47 bits per heavy atom. The average Bonchev–Trinajstić information content (AvgIpc) is 3.73. The zero-order valence-corrected chi connectivity index (χ0v) is 25.6. The van der Waals surface area contributed by atoms with Gasteiger partial charge in [-0.15, -0.1) is 11.3 Å². The number of hydrogen-bond donors (Lipinski definition) is 2. The van der Waals surface area contributed by atoms with Crippen LogP contribution in [0.2, 0.25) is 0 Å². The van der Waals surface area contributed by atoms with Crippen molar-refractivity contribution in [2.75, 3.05) is 6.54 Å². The molecule has 0 aliphatic carbocycles. The van der Waals surface area contributed by atoms with Crippen molar-refractivity contribution in [3.05, 3.63) is 142 Å². The summed E-state index contributed by atoms with van der Waals surface area (Å²) in [6.45, 7) is 0.302. The van der Waals surface area contributed by atoms with Crippen LogP contribution in [-0.2, 0) is 11.7 Å². The third-order valence-electron chi connectivity index (χ3n) is 8.63. The minimum Gasteiger partial charge on any atom is -0.465 e. The van der Waals surface area contributed by atoms with E-state index in [1.54, 1.807) is 0 Å². The molecule has 0 saturated carbocycles. The van der Waals surface area contributed by atoms with Crippen LogP contribution in [0.4, 0.5) is 18.0 Å². The van der Waals surface area contributed by atoms with Crippen LogP contribution in [-0.4, -0.2) is 42.4 Å². The van der Waals surface area contributed by atoms with E-state index in [1.807, 2.05) is 91.0 Å². The number of H-pyrrole nitrogens is 1. The molecule has 238 valence electrons. The van der Waals surface area contributed by atoms with Gasteiger partial charge in [0.15, 0.2) is 5.69 Å². The Morgan fingerprint density at radius 3 is 2.00 bits per heavy atom. The summed E-state index contributed by atoms with van der Waals surface area (Å²) < 4.78 is 46.2. The number of carboxylic acid groups (broad SMARTS) is 1. The third-order valence-corrected chi connectivity index (χ3v) is 9.79. The minimum absolute atomic E-state index is 0.141. The number of aromatic amines is 1. The van der Waals surface area contributed by atoms with Gasteiger partial charge in [0.1, 0.15) is 16.1 Å². The summed E-state index contributed by atoms with van der Waals surface area (Å²) in [6.07, 6.45) is -2.64.